The van der Waals surface area contributed by atoms with Crippen LogP contribution in [0.2, 0.25) is 0 Å². The van der Waals surface area contributed by atoms with Crippen molar-refractivity contribution in [2.75, 3.05) is 6.54 Å². The fourth-order valence-corrected chi connectivity index (χ4v) is 1.68. The minimum Gasteiger partial charge on any atom is -0.477 e. The maximum Gasteiger partial charge on any atom is 0.318 e. The lowest BCUT2D eigenvalue weighted by molar-refractivity contribution is -0.126. The van der Waals surface area contributed by atoms with E-state index in [0.717, 1.165) is 13.0 Å². The van der Waals surface area contributed by atoms with Gasteiger partial charge in [0.2, 0.25) is 0 Å². The third kappa shape index (κ3) is 5.39. The van der Waals surface area contributed by atoms with Crippen molar-refractivity contribution in [1.82, 2.24) is 10.6 Å². The lowest BCUT2D eigenvalue weighted by Gasteiger charge is -2.17. The second kappa shape index (κ2) is 8.21. The van der Waals surface area contributed by atoms with Gasteiger partial charge in [0, 0.05) is 12.1 Å². The van der Waals surface area contributed by atoms with Crippen LogP contribution in [0.3, 0.4) is 0 Å². The Kier molecular flexibility index (Phi) is 6.61. The maximum absolute atomic E-state index is 13.9. The molecule has 0 aliphatic rings. The number of imide groups is 1. The molecule has 116 valence electrons. The number of para-hydroxylation sites is 1. The predicted octanol–water partition coefficient (Wildman–Crippen LogP) is 1.29. The number of hydrogen-bond donors (Lipinski definition) is 3. The van der Waals surface area contributed by atoms with Crippen molar-refractivity contribution >= 4 is 11.9 Å². The number of urea groups is 1. The molecule has 0 bridgehead atoms. The first-order chi connectivity index (χ1) is 9.95. The summed E-state index contributed by atoms with van der Waals surface area (Å²) in [5.41, 5.74) is 5.45. The number of halogens is 1. The summed E-state index contributed by atoms with van der Waals surface area (Å²) in [5, 5.41) is 5.02. The molecule has 1 atom stereocenters. The van der Waals surface area contributed by atoms with E-state index in [-0.39, 0.29) is 5.75 Å². The Morgan fingerprint density at radius 3 is 2.76 bits per heavy atom. The van der Waals surface area contributed by atoms with Gasteiger partial charge < -0.3 is 15.8 Å². The van der Waals surface area contributed by atoms with E-state index in [1.165, 1.54) is 13.0 Å². The number of amides is 3. The monoisotopic (exact) mass is 297 g/mol. The van der Waals surface area contributed by atoms with Crippen molar-refractivity contribution in [2.24, 2.45) is 5.73 Å². The Bertz CT molecular complexity index is 508. The van der Waals surface area contributed by atoms with Gasteiger partial charge >= 0.3 is 6.03 Å². The molecule has 0 heterocycles. The van der Waals surface area contributed by atoms with E-state index < -0.39 is 23.9 Å². The molecule has 1 unspecified atom stereocenters. The highest BCUT2D eigenvalue weighted by Gasteiger charge is 2.19. The number of primary amides is 1. The summed E-state index contributed by atoms with van der Waals surface area (Å²) in [6.45, 7) is 4.64. The summed E-state index contributed by atoms with van der Waals surface area (Å²) in [4.78, 5) is 22.2. The highest BCUT2D eigenvalue weighted by atomic mass is 19.1. The first-order valence-corrected chi connectivity index (χ1v) is 6.70. The first-order valence-electron chi connectivity index (χ1n) is 6.70. The number of carbonyl (C=O) groups is 2. The fourth-order valence-electron chi connectivity index (χ4n) is 1.68. The first kappa shape index (κ1) is 16.9. The van der Waals surface area contributed by atoms with Crippen LogP contribution in [0.5, 0.6) is 5.75 Å². The summed E-state index contributed by atoms with van der Waals surface area (Å²) in [5.74, 6) is -1.30. The molecule has 4 N–H and O–H groups in total. The molecule has 1 aromatic carbocycles. The maximum atomic E-state index is 13.9. The molecule has 0 aromatic heterocycles. The van der Waals surface area contributed by atoms with Gasteiger partial charge in [0.1, 0.15) is 0 Å². The van der Waals surface area contributed by atoms with Gasteiger partial charge in [0.25, 0.3) is 5.91 Å². The standard InChI is InChI=1S/C14H20FN3O3/c1-3-7-17-8-10-5-4-6-11(15)12(10)21-9(2)13(19)18-14(16)20/h4-6,9,17H,3,7-8H2,1-2H3,(H3,16,18,19,20). The number of rotatable bonds is 7. The third-order valence-electron chi connectivity index (χ3n) is 2.70. The number of benzene rings is 1. The van der Waals surface area contributed by atoms with Gasteiger partial charge in [-0.25, -0.2) is 9.18 Å². The van der Waals surface area contributed by atoms with Gasteiger partial charge in [-0.15, -0.1) is 0 Å². The average Bonchev–Trinajstić information content (AvgIpc) is 2.41. The largest absolute Gasteiger partial charge is 0.477 e. The van der Waals surface area contributed by atoms with Crippen molar-refractivity contribution in [3.8, 4) is 5.75 Å². The zero-order valence-corrected chi connectivity index (χ0v) is 12.1. The molecular formula is C14H20FN3O3. The minimum absolute atomic E-state index is 0.00627. The molecule has 0 radical (unpaired) electrons. The van der Waals surface area contributed by atoms with Crippen LogP contribution in [0.4, 0.5) is 9.18 Å². The number of carbonyl (C=O) groups excluding carboxylic acids is 2. The molecule has 0 aliphatic carbocycles. The summed E-state index contributed by atoms with van der Waals surface area (Å²) in [6, 6.07) is 3.55. The van der Waals surface area contributed by atoms with Crippen LogP contribution in [0, 0.1) is 5.82 Å². The molecule has 6 nitrogen and oxygen atoms in total. The molecule has 0 fully saturated rings. The van der Waals surface area contributed by atoms with Crippen LogP contribution in [0.1, 0.15) is 25.8 Å². The van der Waals surface area contributed by atoms with Crippen LogP contribution < -0.4 is 21.1 Å². The van der Waals surface area contributed by atoms with Crippen molar-refractivity contribution < 1.29 is 18.7 Å². The van der Waals surface area contributed by atoms with E-state index in [1.807, 2.05) is 12.2 Å². The second-order valence-corrected chi connectivity index (χ2v) is 4.52. The Morgan fingerprint density at radius 1 is 1.43 bits per heavy atom. The zero-order valence-electron chi connectivity index (χ0n) is 12.1. The third-order valence-corrected chi connectivity index (χ3v) is 2.70. The van der Waals surface area contributed by atoms with Gasteiger partial charge in [0.05, 0.1) is 0 Å². The van der Waals surface area contributed by atoms with Crippen molar-refractivity contribution in [2.45, 2.75) is 32.9 Å². The van der Waals surface area contributed by atoms with E-state index in [0.29, 0.717) is 12.1 Å². The summed E-state index contributed by atoms with van der Waals surface area (Å²) < 4.78 is 19.2. The molecule has 0 spiro atoms. The van der Waals surface area contributed by atoms with Crippen LogP contribution in [0.15, 0.2) is 18.2 Å². The van der Waals surface area contributed by atoms with Crippen molar-refractivity contribution in [3.63, 3.8) is 0 Å². The SMILES string of the molecule is CCCNCc1cccc(F)c1OC(C)C(=O)NC(N)=O. The lowest BCUT2D eigenvalue weighted by atomic mass is 10.2. The van der Waals surface area contributed by atoms with E-state index in [4.69, 9.17) is 10.5 Å². The molecule has 1 rings (SSSR count). The summed E-state index contributed by atoms with van der Waals surface area (Å²) in [7, 11) is 0. The highest BCUT2D eigenvalue weighted by molar-refractivity contribution is 5.95. The molecule has 1 aromatic rings. The van der Waals surface area contributed by atoms with E-state index >= 15 is 0 Å². The Labute approximate surface area is 122 Å². The Morgan fingerprint density at radius 2 is 2.14 bits per heavy atom. The predicted molar refractivity (Wildman–Crippen MR) is 76.2 cm³/mol. The average molecular weight is 297 g/mol. The van der Waals surface area contributed by atoms with Crippen LogP contribution in [-0.4, -0.2) is 24.6 Å². The normalized spacial score (nSPS) is 11.8. The number of ether oxygens (including phenoxy) is 1. The lowest BCUT2D eigenvalue weighted by Crippen LogP contribution is -2.42. The Hall–Kier alpha value is -2.15. The van der Waals surface area contributed by atoms with E-state index in [2.05, 4.69) is 5.32 Å². The Balaban J connectivity index is 2.80. The van der Waals surface area contributed by atoms with E-state index in [1.54, 1.807) is 12.1 Å². The van der Waals surface area contributed by atoms with Gasteiger partial charge in [0.15, 0.2) is 17.7 Å². The number of nitrogens with two attached hydrogens (primary N) is 1. The zero-order chi connectivity index (χ0) is 15.8. The molecule has 0 saturated carbocycles. The van der Waals surface area contributed by atoms with Gasteiger partial charge in [-0.2, -0.15) is 0 Å². The van der Waals surface area contributed by atoms with Crippen LogP contribution >= 0.6 is 0 Å². The summed E-state index contributed by atoms with van der Waals surface area (Å²) in [6.07, 6.45) is -0.0949. The molecule has 3 amide bonds. The van der Waals surface area contributed by atoms with Gasteiger partial charge in [-0.05, 0) is 26.0 Å². The quantitative estimate of drug-likeness (QED) is 0.661. The molecular weight excluding hydrogens is 277 g/mol. The van der Waals surface area contributed by atoms with Crippen molar-refractivity contribution in [3.05, 3.63) is 29.6 Å². The summed E-state index contributed by atoms with van der Waals surface area (Å²) >= 11 is 0. The number of nitrogens with one attached hydrogen (secondary N) is 2. The van der Waals surface area contributed by atoms with Gasteiger partial charge in [-0.3, -0.25) is 10.1 Å². The topological polar surface area (TPSA) is 93.4 Å². The molecule has 7 heteroatoms. The smallest absolute Gasteiger partial charge is 0.318 e. The molecule has 0 saturated heterocycles. The van der Waals surface area contributed by atoms with E-state index in [9.17, 15) is 14.0 Å². The highest BCUT2D eigenvalue weighted by Crippen LogP contribution is 2.23. The number of hydrogen-bond acceptors (Lipinski definition) is 4. The fraction of sp³-hybridized carbons (Fsp3) is 0.429. The van der Waals surface area contributed by atoms with Crippen LogP contribution in [-0.2, 0) is 11.3 Å². The van der Waals surface area contributed by atoms with Gasteiger partial charge in [-0.1, -0.05) is 19.1 Å². The molecule has 0 aliphatic heterocycles. The molecule has 21 heavy (non-hydrogen) atoms. The minimum atomic E-state index is -1.04. The second-order valence-electron chi connectivity index (χ2n) is 4.52. The van der Waals surface area contributed by atoms with Crippen molar-refractivity contribution in [1.29, 1.82) is 0 Å². The van der Waals surface area contributed by atoms with Crippen LogP contribution in [0.25, 0.3) is 0 Å².